The van der Waals surface area contributed by atoms with Crippen LogP contribution in [-0.2, 0) is 14.4 Å². The molecule has 0 bridgehead atoms. The van der Waals surface area contributed by atoms with Crippen molar-refractivity contribution >= 4 is 35.3 Å². The molecular formula is C20H29NO5S. The molecule has 0 aromatic heterocycles. The normalized spacial score (nSPS) is 10.5. The van der Waals surface area contributed by atoms with E-state index in [2.05, 4.69) is 5.32 Å². The van der Waals surface area contributed by atoms with Crippen LogP contribution in [0.3, 0.4) is 0 Å². The number of carboxylic acid groups (broad SMARTS) is 2. The minimum absolute atomic E-state index is 0.0144. The molecule has 0 atom stereocenters. The maximum absolute atomic E-state index is 12.1. The number of carboxylic acids is 2. The smallest absolute Gasteiger partial charge is 0.303 e. The van der Waals surface area contributed by atoms with E-state index in [4.69, 9.17) is 10.2 Å². The molecule has 0 fully saturated rings. The predicted octanol–water partition coefficient (Wildman–Crippen LogP) is 4.79. The van der Waals surface area contributed by atoms with Crippen molar-refractivity contribution in [2.24, 2.45) is 0 Å². The Morgan fingerprint density at radius 1 is 0.778 bits per heavy atom. The largest absolute Gasteiger partial charge is 0.481 e. The van der Waals surface area contributed by atoms with Crippen molar-refractivity contribution in [3.8, 4) is 0 Å². The van der Waals surface area contributed by atoms with Gasteiger partial charge in [-0.25, -0.2) is 0 Å². The molecule has 0 spiro atoms. The lowest BCUT2D eigenvalue weighted by Crippen LogP contribution is -2.11. The summed E-state index contributed by atoms with van der Waals surface area (Å²) in [5, 5.41) is 20.2. The highest BCUT2D eigenvalue weighted by Gasteiger charge is 2.07. The number of nitrogens with one attached hydrogen (secondary N) is 1. The van der Waals surface area contributed by atoms with Gasteiger partial charge in [-0.1, -0.05) is 37.8 Å². The molecule has 0 aliphatic carbocycles. The van der Waals surface area contributed by atoms with E-state index in [9.17, 15) is 14.4 Å². The number of carbonyl (C=O) groups excluding carboxylic acids is 1. The average Bonchev–Trinajstić information content (AvgIpc) is 2.61. The van der Waals surface area contributed by atoms with Gasteiger partial charge in [0.2, 0.25) is 5.91 Å². The number of unbranched alkanes of at least 4 members (excludes halogenated alkanes) is 5. The molecule has 1 aromatic carbocycles. The fourth-order valence-corrected chi connectivity index (χ4v) is 3.54. The quantitative estimate of drug-likeness (QED) is 0.291. The second-order valence-electron chi connectivity index (χ2n) is 6.41. The zero-order chi connectivity index (χ0) is 19.9. The van der Waals surface area contributed by atoms with Crippen molar-refractivity contribution in [2.75, 3.05) is 11.1 Å². The molecule has 0 radical (unpaired) electrons. The molecule has 0 saturated heterocycles. The van der Waals surface area contributed by atoms with Crippen LogP contribution in [0.2, 0.25) is 0 Å². The van der Waals surface area contributed by atoms with E-state index < -0.39 is 11.9 Å². The van der Waals surface area contributed by atoms with Gasteiger partial charge in [-0.2, -0.15) is 0 Å². The Morgan fingerprint density at radius 3 is 2.00 bits per heavy atom. The molecule has 1 aromatic rings. The van der Waals surface area contributed by atoms with Gasteiger partial charge in [-0.3, -0.25) is 14.4 Å². The third-order valence-electron chi connectivity index (χ3n) is 4.00. The van der Waals surface area contributed by atoms with Gasteiger partial charge in [0.25, 0.3) is 0 Å². The fourth-order valence-electron chi connectivity index (χ4n) is 2.58. The predicted molar refractivity (Wildman–Crippen MR) is 107 cm³/mol. The van der Waals surface area contributed by atoms with Crippen molar-refractivity contribution in [3.05, 3.63) is 24.3 Å². The minimum atomic E-state index is -0.793. The molecule has 0 aliphatic heterocycles. The summed E-state index contributed by atoms with van der Waals surface area (Å²) in [5.74, 6) is -0.855. The number of para-hydroxylation sites is 1. The summed E-state index contributed by atoms with van der Waals surface area (Å²) in [5.41, 5.74) is 0.775. The van der Waals surface area contributed by atoms with Crippen molar-refractivity contribution in [3.63, 3.8) is 0 Å². The van der Waals surface area contributed by atoms with Crippen molar-refractivity contribution in [1.82, 2.24) is 0 Å². The van der Waals surface area contributed by atoms with Crippen LogP contribution in [0, 0.1) is 0 Å². The first-order valence-corrected chi connectivity index (χ1v) is 10.4. The van der Waals surface area contributed by atoms with Gasteiger partial charge in [0.15, 0.2) is 0 Å². The van der Waals surface area contributed by atoms with E-state index in [-0.39, 0.29) is 18.7 Å². The zero-order valence-corrected chi connectivity index (χ0v) is 16.4. The molecule has 1 rings (SSSR count). The number of thioether (sulfide) groups is 1. The first-order valence-electron chi connectivity index (χ1n) is 9.44. The van der Waals surface area contributed by atoms with Crippen LogP contribution in [0.4, 0.5) is 5.69 Å². The highest BCUT2D eigenvalue weighted by atomic mass is 32.2. The second kappa shape index (κ2) is 14.1. The van der Waals surface area contributed by atoms with Gasteiger partial charge in [0.1, 0.15) is 0 Å². The Bertz CT molecular complexity index is 606. The lowest BCUT2D eigenvalue weighted by molar-refractivity contribution is -0.138. The van der Waals surface area contributed by atoms with E-state index >= 15 is 0 Å². The summed E-state index contributed by atoms with van der Waals surface area (Å²) in [6, 6.07) is 7.56. The number of carbonyl (C=O) groups is 3. The molecule has 7 heteroatoms. The number of amides is 1. The molecule has 6 nitrogen and oxygen atoms in total. The third-order valence-corrected chi connectivity index (χ3v) is 5.16. The van der Waals surface area contributed by atoms with Gasteiger partial charge < -0.3 is 15.5 Å². The standard InChI is InChI=1S/C20H29NO5S/c22-18(12-5-3-1-2-4-6-13-19(23)24)21-16-10-7-8-11-17(16)27-15-9-14-20(25)26/h7-8,10-11H,1-6,9,12-15H2,(H,21,22)(H,23,24)(H,25,26). The Hall–Kier alpha value is -2.02. The Balaban J connectivity index is 2.22. The molecule has 1 amide bonds. The lowest BCUT2D eigenvalue weighted by atomic mass is 10.1. The van der Waals surface area contributed by atoms with Gasteiger partial charge in [-0.05, 0) is 37.1 Å². The van der Waals surface area contributed by atoms with Gasteiger partial charge >= 0.3 is 11.9 Å². The van der Waals surface area contributed by atoms with Gasteiger partial charge in [0, 0.05) is 24.2 Å². The number of hydrogen-bond acceptors (Lipinski definition) is 4. The number of hydrogen-bond donors (Lipinski definition) is 3. The van der Waals surface area contributed by atoms with E-state index in [1.807, 2.05) is 24.3 Å². The molecular weight excluding hydrogens is 366 g/mol. The van der Waals surface area contributed by atoms with E-state index in [0.29, 0.717) is 18.6 Å². The SMILES string of the molecule is O=C(O)CCCCCCCCC(=O)Nc1ccccc1SCCCC(=O)O. The summed E-state index contributed by atoms with van der Waals surface area (Å²) in [6.07, 6.45) is 6.88. The van der Waals surface area contributed by atoms with E-state index in [0.717, 1.165) is 49.1 Å². The molecule has 0 aliphatic rings. The number of rotatable bonds is 15. The van der Waals surface area contributed by atoms with Crippen LogP contribution in [0.1, 0.15) is 64.2 Å². The van der Waals surface area contributed by atoms with Crippen molar-refractivity contribution < 1.29 is 24.6 Å². The summed E-state index contributed by atoms with van der Waals surface area (Å²) < 4.78 is 0. The molecule has 150 valence electrons. The molecule has 0 unspecified atom stereocenters. The molecule has 27 heavy (non-hydrogen) atoms. The van der Waals surface area contributed by atoms with Crippen LogP contribution in [0.25, 0.3) is 0 Å². The number of benzene rings is 1. The minimum Gasteiger partial charge on any atom is -0.481 e. The summed E-state index contributed by atoms with van der Waals surface area (Å²) in [4.78, 5) is 34.1. The maximum Gasteiger partial charge on any atom is 0.303 e. The van der Waals surface area contributed by atoms with Crippen LogP contribution >= 0.6 is 11.8 Å². The summed E-state index contributed by atoms with van der Waals surface area (Å²) in [6.45, 7) is 0. The van der Waals surface area contributed by atoms with Crippen molar-refractivity contribution in [2.45, 2.75) is 69.1 Å². The van der Waals surface area contributed by atoms with Crippen molar-refractivity contribution in [1.29, 1.82) is 0 Å². The summed E-state index contributed by atoms with van der Waals surface area (Å²) in [7, 11) is 0. The van der Waals surface area contributed by atoms with Gasteiger partial charge in [-0.15, -0.1) is 11.8 Å². The number of aliphatic carboxylic acids is 2. The third kappa shape index (κ3) is 12.1. The second-order valence-corrected chi connectivity index (χ2v) is 7.54. The Labute approximate surface area is 164 Å². The maximum atomic E-state index is 12.1. The molecule has 0 heterocycles. The van der Waals surface area contributed by atoms with Crippen LogP contribution < -0.4 is 5.32 Å². The van der Waals surface area contributed by atoms with Crippen LogP contribution in [-0.4, -0.2) is 33.8 Å². The monoisotopic (exact) mass is 395 g/mol. The highest BCUT2D eigenvalue weighted by Crippen LogP contribution is 2.28. The van der Waals surface area contributed by atoms with E-state index in [1.165, 1.54) is 0 Å². The van der Waals surface area contributed by atoms with Crippen LogP contribution in [0.15, 0.2) is 29.2 Å². The van der Waals surface area contributed by atoms with E-state index in [1.54, 1.807) is 11.8 Å². The Kier molecular flexibility index (Phi) is 12.0. The van der Waals surface area contributed by atoms with Gasteiger partial charge in [0.05, 0.1) is 5.69 Å². The first-order chi connectivity index (χ1) is 13.0. The Morgan fingerprint density at radius 2 is 1.33 bits per heavy atom. The highest BCUT2D eigenvalue weighted by molar-refractivity contribution is 7.99. The number of anilines is 1. The molecule has 0 saturated carbocycles. The first kappa shape index (κ1) is 23.0. The molecule has 3 N–H and O–H groups in total. The zero-order valence-electron chi connectivity index (χ0n) is 15.6. The fraction of sp³-hybridized carbons (Fsp3) is 0.550. The average molecular weight is 396 g/mol. The lowest BCUT2D eigenvalue weighted by Gasteiger charge is -2.10. The van der Waals surface area contributed by atoms with Crippen LogP contribution in [0.5, 0.6) is 0 Å². The summed E-state index contributed by atoms with van der Waals surface area (Å²) >= 11 is 1.55. The topological polar surface area (TPSA) is 104 Å².